The Balaban J connectivity index is 1.97. The van der Waals surface area contributed by atoms with Gasteiger partial charge in [0.25, 0.3) is 0 Å². The molecule has 18 heavy (non-hydrogen) atoms. The number of amidine groups is 1. The molecule has 0 aliphatic carbocycles. The van der Waals surface area contributed by atoms with E-state index in [1.165, 1.54) is 4.88 Å². The number of hydrogen-bond acceptors (Lipinski definition) is 5. The van der Waals surface area contributed by atoms with Crippen LogP contribution >= 0.6 is 11.3 Å². The normalized spacial score (nSPS) is 22.3. The average Bonchev–Trinajstić information content (AvgIpc) is 2.67. The van der Waals surface area contributed by atoms with Crippen LogP contribution in [0.4, 0.5) is 0 Å². The quantitative estimate of drug-likeness (QED) is 0.379. The predicted molar refractivity (Wildman–Crippen MR) is 73.0 cm³/mol. The van der Waals surface area contributed by atoms with Gasteiger partial charge in [0.1, 0.15) is 10.8 Å². The largest absolute Gasteiger partial charge is 0.409 e. The fourth-order valence-corrected chi connectivity index (χ4v) is 3.30. The lowest BCUT2D eigenvalue weighted by molar-refractivity contribution is 0.192. The van der Waals surface area contributed by atoms with Gasteiger partial charge in [-0.2, -0.15) is 0 Å². The van der Waals surface area contributed by atoms with Crippen molar-refractivity contribution in [1.29, 1.82) is 0 Å². The molecule has 3 N–H and O–H groups in total. The van der Waals surface area contributed by atoms with Gasteiger partial charge in [0, 0.05) is 17.3 Å². The summed E-state index contributed by atoms with van der Waals surface area (Å²) in [5.41, 5.74) is 6.82. The van der Waals surface area contributed by atoms with Gasteiger partial charge in [-0.1, -0.05) is 5.16 Å². The Morgan fingerprint density at radius 3 is 3.00 bits per heavy atom. The van der Waals surface area contributed by atoms with Crippen LogP contribution in [0.15, 0.2) is 5.16 Å². The van der Waals surface area contributed by atoms with Crippen molar-refractivity contribution in [2.24, 2.45) is 16.8 Å². The first-order valence-corrected chi connectivity index (χ1v) is 7.04. The highest BCUT2D eigenvalue weighted by Crippen LogP contribution is 2.22. The molecule has 1 aromatic rings. The Bertz CT molecular complexity index is 424. The number of likely N-dealkylation sites (tertiary alicyclic amines) is 1. The van der Waals surface area contributed by atoms with E-state index < -0.39 is 0 Å². The van der Waals surface area contributed by atoms with Gasteiger partial charge < -0.3 is 10.9 Å². The molecule has 1 fully saturated rings. The van der Waals surface area contributed by atoms with Crippen LogP contribution in [0.25, 0.3) is 0 Å². The van der Waals surface area contributed by atoms with Crippen LogP contribution in [-0.2, 0) is 6.54 Å². The molecule has 2 heterocycles. The highest BCUT2D eigenvalue weighted by molar-refractivity contribution is 7.11. The number of aromatic nitrogens is 1. The van der Waals surface area contributed by atoms with Crippen LogP contribution in [0.3, 0.4) is 0 Å². The standard InChI is InChI=1S/C12H20N4OS/c1-8-9(2)18-11(14-8)7-16-5-3-4-10(6-16)12(13)15-17/h10,17H,3-7H2,1-2H3,(H2,13,15). The van der Waals surface area contributed by atoms with E-state index in [1.54, 1.807) is 11.3 Å². The Kier molecular flexibility index (Phi) is 4.19. The molecular formula is C12H20N4OS. The van der Waals surface area contributed by atoms with E-state index in [0.29, 0.717) is 5.84 Å². The zero-order chi connectivity index (χ0) is 13.1. The van der Waals surface area contributed by atoms with Crippen molar-refractivity contribution >= 4 is 17.2 Å². The Labute approximate surface area is 111 Å². The van der Waals surface area contributed by atoms with Crippen LogP contribution in [0.2, 0.25) is 0 Å². The predicted octanol–water partition coefficient (Wildman–Crippen LogP) is 1.72. The third-order valence-corrected chi connectivity index (χ3v) is 4.53. The second-order valence-electron chi connectivity index (χ2n) is 4.85. The molecule has 0 aromatic carbocycles. The summed E-state index contributed by atoms with van der Waals surface area (Å²) in [6, 6.07) is 0. The van der Waals surface area contributed by atoms with Crippen molar-refractivity contribution in [1.82, 2.24) is 9.88 Å². The highest BCUT2D eigenvalue weighted by atomic mass is 32.1. The van der Waals surface area contributed by atoms with E-state index in [1.807, 2.05) is 6.92 Å². The van der Waals surface area contributed by atoms with Crippen LogP contribution < -0.4 is 5.73 Å². The van der Waals surface area contributed by atoms with Crippen LogP contribution in [-0.4, -0.2) is 34.0 Å². The molecule has 0 amide bonds. The summed E-state index contributed by atoms with van der Waals surface area (Å²) in [5, 5.41) is 13.0. The zero-order valence-corrected chi connectivity index (χ0v) is 11.7. The van der Waals surface area contributed by atoms with E-state index in [0.717, 1.165) is 43.2 Å². The first-order valence-electron chi connectivity index (χ1n) is 6.23. The summed E-state index contributed by atoms with van der Waals surface area (Å²) >= 11 is 1.76. The first-order chi connectivity index (χ1) is 8.60. The van der Waals surface area contributed by atoms with E-state index in [-0.39, 0.29) is 5.92 Å². The van der Waals surface area contributed by atoms with Gasteiger partial charge in [-0.25, -0.2) is 4.98 Å². The maximum atomic E-state index is 8.74. The lowest BCUT2D eigenvalue weighted by atomic mass is 9.97. The summed E-state index contributed by atoms with van der Waals surface area (Å²) in [6.45, 7) is 6.94. The fourth-order valence-electron chi connectivity index (χ4n) is 2.32. The maximum absolute atomic E-state index is 8.74. The van der Waals surface area contributed by atoms with Gasteiger partial charge >= 0.3 is 0 Å². The van der Waals surface area contributed by atoms with Gasteiger partial charge in [-0.15, -0.1) is 11.3 Å². The number of thiazole rings is 1. The van der Waals surface area contributed by atoms with Gasteiger partial charge in [-0.3, -0.25) is 4.90 Å². The monoisotopic (exact) mass is 268 g/mol. The summed E-state index contributed by atoms with van der Waals surface area (Å²) in [6.07, 6.45) is 2.09. The summed E-state index contributed by atoms with van der Waals surface area (Å²) in [4.78, 5) is 8.18. The van der Waals surface area contributed by atoms with E-state index in [4.69, 9.17) is 10.9 Å². The van der Waals surface area contributed by atoms with Gasteiger partial charge in [0.05, 0.1) is 12.2 Å². The Hall–Kier alpha value is -1.14. The third-order valence-electron chi connectivity index (χ3n) is 3.47. The van der Waals surface area contributed by atoms with Gasteiger partial charge in [0.2, 0.25) is 0 Å². The average molecular weight is 268 g/mol. The van der Waals surface area contributed by atoms with Crippen molar-refractivity contribution in [2.45, 2.75) is 33.2 Å². The Morgan fingerprint density at radius 1 is 1.61 bits per heavy atom. The van der Waals surface area contributed by atoms with Crippen LogP contribution in [0, 0.1) is 19.8 Å². The fraction of sp³-hybridized carbons (Fsp3) is 0.667. The first kappa shape index (κ1) is 13.3. The zero-order valence-electron chi connectivity index (χ0n) is 10.9. The SMILES string of the molecule is Cc1nc(CN2CCCC(C(N)=NO)C2)sc1C. The van der Waals surface area contributed by atoms with Crippen molar-refractivity contribution in [3.63, 3.8) is 0 Å². The summed E-state index contributed by atoms with van der Waals surface area (Å²) in [5.74, 6) is 0.525. The minimum Gasteiger partial charge on any atom is -0.409 e. The number of rotatable bonds is 3. The number of aryl methyl sites for hydroxylation is 2. The van der Waals surface area contributed by atoms with E-state index in [2.05, 4.69) is 22.0 Å². The van der Waals surface area contributed by atoms with Gasteiger partial charge in [0.15, 0.2) is 0 Å². The number of nitrogens with zero attached hydrogens (tertiary/aromatic N) is 3. The van der Waals surface area contributed by atoms with Crippen molar-refractivity contribution < 1.29 is 5.21 Å². The summed E-state index contributed by atoms with van der Waals surface area (Å²) in [7, 11) is 0. The van der Waals surface area contributed by atoms with Crippen molar-refractivity contribution in [3.8, 4) is 0 Å². The molecule has 5 nitrogen and oxygen atoms in total. The molecule has 0 radical (unpaired) electrons. The number of oxime groups is 1. The summed E-state index contributed by atoms with van der Waals surface area (Å²) < 4.78 is 0. The number of nitrogens with two attached hydrogens (primary N) is 1. The molecule has 1 aromatic heterocycles. The second kappa shape index (κ2) is 5.67. The van der Waals surface area contributed by atoms with Gasteiger partial charge in [-0.05, 0) is 33.2 Å². The highest BCUT2D eigenvalue weighted by Gasteiger charge is 2.23. The molecule has 1 aliphatic heterocycles. The van der Waals surface area contributed by atoms with Crippen molar-refractivity contribution in [3.05, 3.63) is 15.6 Å². The number of hydrogen-bond donors (Lipinski definition) is 2. The molecule has 0 bridgehead atoms. The molecule has 6 heteroatoms. The second-order valence-corrected chi connectivity index (χ2v) is 6.14. The lowest BCUT2D eigenvalue weighted by Crippen LogP contribution is -2.40. The molecule has 1 aliphatic rings. The Morgan fingerprint density at radius 2 is 2.39 bits per heavy atom. The van der Waals surface area contributed by atoms with E-state index >= 15 is 0 Å². The minimum atomic E-state index is 0.172. The molecular weight excluding hydrogens is 248 g/mol. The number of piperidine rings is 1. The molecule has 1 atom stereocenters. The van der Waals surface area contributed by atoms with E-state index in [9.17, 15) is 0 Å². The molecule has 1 saturated heterocycles. The van der Waals surface area contributed by atoms with Crippen LogP contribution in [0.5, 0.6) is 0 Å². The molecule has 0 spiro atoms. The van der Waals surface area contributed by atoms with Crippen LogP contribution in [0.1, 0.15) is 28.4 Å². The topological polar surface area (TPSA) is 74.7 Å². The molecule has 100 valence electrons. The smallest absolute Gasteiger partial charge is 0.143 e. The molecule has 1 unspecified atom stereocenters. The molecule has 2 rings (SSSR count). The maximum Gasteiger partial charge on any atom is 0.143 e. The van der Waals surface area contributed by atoms with Crippen molar-refractivity contribution in [2.75, 3.05) is 13.1 Å². The lowest BCUT2D eigenvalue weighted by Gasteiger charge is -2.31. The third kappa shape index (κ3) is 3.00. The molecule has 0 saturated carbocycles. The minimum absolute atomic E-state index is 0.172.